The molecule has 0 heterocycles. The number of benzene rings is 3. The Balaban J connectivity index is 1.34. The van der Waals surface area contributed by atoms with Crippen LogP contribution in [0.15, 0.2) is 66.7 Å². The van der Waals surface area contributed by atoms with Crippen LogP contribution in [0.4, 0.5) is 13.2 Å². The quantitative estimate of drug-likeness (QED) is 0.235. The molecule has 36 heavy (non-hydrogen) atoms. The number of allylic oxidation sites excluding steroid dienone is 1. The highest BCUT2D eigenvalue weighted by atomic mass is 19.2. The monoisotopic (exact) mass is 494 g/mol. The molecule has 0 radical (unpaired) electrons. The summed E-state index contributed by atoms with van der Waals surface area (Å²) in [6, 6.07) is 17.9. The van der Waals surface area contributed by atoms with Crippen molar-refractivity contribution in [2.24, 2.45) is 0 Å². The zero-order chi connectivity index (χ0) is 25.5. The zero-order valence-electron chi connectivity index (χ0n) is 20.2. The fourth-order valence-electron chi connectivity index (χ4n) is 4.73. The van der Waals surface area contributed by atoms with E-state index in [1.54, 1.807) is 25.1 Å². The van der Waals surface area contributed by atoms with Crippen LogP contribution in [-0.2, 0) is 0 Å². The second kappa shape index (κ2) is 11.9. The van der Waals surface area contributed by atoms with Crippen LogP contribution in [0.25, 0.3) is 6.08 Å². The molecular formula is C30H29F3O3. The molecule has 0 spiro atoms. The van der Waals surface area contributed by atoms with Gasteiger partial charge >= 0.3 is 5.97 Å². The molecule has 1 aliphatic rings. The van der Waals surface area contributed by atoms with Crippen LogP contribution in [0.3, 0.4) is 0 Å². The summed E-state index contributed by atoms with van der Waals surface area (Å²) in [5.74, 6) is -3.00. The third kappa shape index (κ3) is 5.99. The number of hydrogen-bond donors (Lipinski definition) is 0. The van der Waals surface area contributed by atoms with Crippen LogP contribution >= 0.6 is 0 Å². The molecule has 6 heteroatoms. The minimum atomic E-state index is -1.26. The molecule has 0 unspecified atom stereocenters. The van der Waals surface area contributed by atoms with E-state index in [4.69, 9.17) is 9.47 Å². The Morgan fingerprint density at radius 1 is 0.833 bits per heavy atom. The lowest BCUT2D eigenvalue weighted by Crippen LogP contribution is -2.13. The molecule has 1 saturated carbocycles. The first kappa shape index (κ1) is 25.5. The lowest BCUT2D eigenvalue weighted by atomic mass is 9.76. The summed E-state index contributed by atoms with van der Waals surface area (Å²) in [5, 5.41) is 0. The van der Waals surface area contributed by atoms with Gasteiger partial charge in [-0.2, -0.15) is 8.78 Å². The van der Waals surface area contributed by atoms with Crippen molar-refractivity contribution < 1.29 is 27.4 Å². The Hall–Kier alpha value is -3.54. The molecule has 0 aliphatic heterocycles. The number of alkyl halides is 1. The third-order valence-corrected chi connectivity index (χ3v) is 6.67. The van der Waals surface area contributed by atoms with Gasteiger partial charge in [0.25, 0.3) is 0 Å². The average Bonchev–Trinajstić information content (AvgIpc) is 2.92. The lowest BCUT2D eigenvalue weighted by Gasteiger charge is -2.29. The van der Waals surface area contributed by atoms with Gasteiger partial charge in [0, 0.05) is 0 Å². The Bertz CT molecular complexity index is 1200. The van der Waals surface area contributed by atoms with Crippen molar-refractivity contribution in [3.05, 3.63) is 101 Å². The van der Waals surface area contributed by atoms with Gasteiger partial charge < -0.3 is 9.47 Å². The summed E-state index contributed by atoms with van der Waals surface area (Å²) in [6.07, 6.45) is 7.49. The zero-order valence-corrected chi connectivity index (χ0v) is 20.2. The summed E-state index contributed by atoms with van der Waals surface area (Å²) in [6.45, 7) is 1.39. The van der Waals surface area contributed by atoms with Gasteiger partial charge in [-0.1, -0.05) is 48.6 Å². The van der Waals surface area contributed by atoms with E-state index >= 15 is 0 Å². The maximum Gasteiger partial charge on any atom is 0.343 e. The number of carbonyl (C=O) groups excluding carboxylic acids is 1. The maximum absolute atomic E-state index is 14.2. The normalized spacial score (nSPS) is 17.8. The van der Waals surface area contributed by atoms with E-state index < -0.39 is 30.0 Å². The second-order valence-corrected chi connectivity index (χ2v) is 8.91. The third-order valence-electron chi connectivity index (χ3n) is 6.67. The number of carbonyl (C=O) groups is 1. The summed E-state index contributed by atoms with van der Waals surface area (Å²) in [7, 11) is 0. The van der Waals surface area contributed by atoms with Crippen molar-refractivity contribution in [2.75, 3.05) is 13.3 Å². The van der Waals surface area contributed by atoms with Gasteiger partial charge in [-0.15, -0.1) is 0 Å². The van der Waals surface area contributed by atoms with Gasteiger partial charge in [-0.3, -0.25) is 0 Å². The Morgan fingerprint density at radius 2 is 1.36 bits per heavy atom. The van der Waals surface area contributed by atoms with E-state index in [9.17, 15) is 18.0 Å². The first-order valence-corrected chi connectivity index (χ1v) is 12.3. The summed E-state index contributed by atoms with van der Waals surface area (Å²) < 4.78 is 50.7. The highest BCUT2D eigenvalue weighted by Gasteiger charge is 2.24. The summed E-state index contributed by atoms with van der Waals surface area (Å²) in [5.41, 5.74) is 3.72. The van der Waals surface area contributed by atoms with Crippen molar-refractivity contribution in [1.29, 1.82) is 0 Å². The molecule has 0 amide bonds. The van der Waals surface area contributed by atoms with E-state index in [1.807, 2.05) is 24.3 Å². The van der Waals surface area contributed by atoms with E-state index in [0.717, 1.165) is 36.8 Å². The predicted molar refractivity (Wildman–Crippen MR) is 134 cm³/mol. The molecule has 0 saturated heterocycles. The molecule has 0 aromatic heterocycles. The largest absolute Gasteiger partial charge is 0.491 e. The topological polar surface area (TPSA) is 35.5 Å². The summed E-state index contributed by atoms with van der Waals surface area (Å²) in [4.78, 5) is 12.5. The second-order valence-electron chi connectivity index (χ2n) is 8.91. The fourth-order valence-corrected chi connectivity index (χ4v) is 4.73. The summed E-state index contributed by atoms with van der Waals surface area (Å²) >= 11 is 0. The van der Waals surface area contributed by atoms with Crippen LogP contribution in [0.2, 0.25) is 0 Å². The highest BCUT2D eigenvalue weighted by molar-refractivity contribution is 5.91. The lowest BCUT2D eigenvalue weighted by molar-refractivity contribution is 0.0726. The SMILES string of the molecule is CCOc1ccc(OC(=O)c2ccc(C3CCC(c4ccc(C=CCF)cc4)CC3)cc2)c(F)c1F. The van der Waals surface area contributed by atoms with Gasteiger partial charge in [0.2, 0.25) is 11.6 Å². The molecule has 1 fully saturated rings. The fraction of sp³-hybridized carbons (Fsp3) is 0.300. The molecule has 3 nitrogen and oxygen atoms in total. The van der Waals surface area contributed by atoms with Crippen molar-refractivity contribution in [3.8, 4) is 11.5 Å². The van der Waals surface area contributed by atoms with Crippen molar-refractivity contribution >= 4 is 12.0 Å². The molecule has 3 aromatic carbocycles. The van der Waals surface area contributed by atoms with Crippen molar-refractivity contribution in [3.63, 3.8) is 0 Å². The molecule has 3 aromatic rings. The number of halogens is 3. The van der Waals surface area contributed by atoms with E-state index in [-0.39, 0.29) is 17.9 Å². The van der Waals surface area contributed by atoms with Gasteiger partial charge in [-0.05, 0) is 85.4 Å². The van der Waals surface area contributed by atoms with Gasteiger partial charge in [0.1, 0.15) is 6.67 Å². The van der Waals surface area contributed by atoms with Crippen LogP contribution < -0.4 is 9.47 Å². The maximum atomic E-state index is 14.2. The Labute approximate surface area is 209 Å². The highest BCUT2D eigenvalue weighted by Crippen LogP contribution is 2.40. The number of hydrogen-bond acceptors (Lipinski definition) is 3. The molecular weight excluding hydrogens is 465 g/mol. The van der Waals surface area contributed by atoms with Crippen LogP contribution in [0, 0.1) is 11.6 Å². The smallest absolute Gasteiger partial charge is 0.343 e. The number of ether oxygens (including phenoxy) is 2. The van der Waals surface area contributed by atoms with Gasteiger partial charge in [0.15, 0.2) is 11.5 Å². The van der Waals surface area contributed by atoms with Crippen LogP contribution in [0.1, 0.15) is 71.5 Å². The minimum Gasteiger partial charge on any atom is -0.491 e. The minimum absolute atomic E-state index is 0.191. The van der Waals surface area contributed by atoms with Gasteiger partial charge in [0.05, 0.1) is 12.2 Å². The van der Waals surface area contributed by atoms with E-state index in [0.29, 0.717) is 11.8 Å². The molecule has 0 N–H and O–H groups in total. The number of rotatable bonds is 8. The first-order valence-electron chi connectivity index (χ1n) is 12.3. The van der Waals surface area contributed by atoms with Crippen LogP contribution in [0.5, 0.6) is 11.5 Å². The molecule has 0 bridgehead atoms. The van der Waals surface area contributed by atoms with Crippen LogP contribution in [-0.4, -0.2) is 19.3 Å². The van der Waals surface area contributed by atoms with Gasteiger partial charge in [-0.25, -0.2) is 9.18 Å². The molecule has 4 rings (SSSR count). The first-order chi connectivity index (χ1) is 17.5. The standard InChI is InChI=1S/C30H29F3O3/c1-2-35-26-17-18-27(29(33)28(26)32)36-30(34)25-15-13-24(14-16-25)23-11-9-22(10-12-23)21-7-5-20(6-8-21)4-3-19-31/h3-8,13-18,22-23H,2,9-12,19H2,1H3. The Morgan fingerprint density at radius 3 is 1.92 bits per heavy atom. The van der Waals surface area contributed by atoms with E-state index in [2.05, 4.69) is 12.1 Å². The average molecular weight is 495 g/mol. The predicted octanol–water partition coefficient (Wildman–Crippen LogP) is 8.01. The van der Waals surface area contributed by atoms with Crippen molar-refractivity contribution in [2.45, 2.75) is 44.4 Å². The molecule has 188 valence electrons. The molecule has 0 atom stereocenters. The van der Waals surface area contributed by atoms with Crippen molar-refractivity contribution in [1.82, 2.24) is 0 Å². The molecule has 1 aliphatic carbocycles. The Kier molecular flexibility index (Phi) is 8.47. The van der Waals surface area contributed by atoms with E-state index in [1.165, 1.54) is 23.8 Å². The number of esters is 1.